The van der Waals surface area contributed by atoms with Crippen molar-refractivity contribution < 1.29 is 28.6 Å². The summed E-state index contributed by atoms with van der Waals surface area (Å²) in [6.45, 7) is 11.4. The van der Waals surface area contributed by atoms with Crippen LogP contribution < -0.4 is 0 Å². The molecule has 0 aromatic rings. The van der Waals surface area contributed by atoms with Gasteiger partial charge in [-0.05, 0) is 31.1 Å². The van der Waals surface area contributed by atoms with Gasteiger partial charge in [-0.15, -0.1) is 0 Å². The van der Waals surface area contributed by atoms with Crippen LogP contribution in [0, 0.1) is 11.8 Å². The predicted molar refractivity (Wildman–Crippen MR) is 289 cm³/mol. The smallest absolute Gasteiger partial charge is 0.306 e. The SMILES string of the molecule is CCCCCCCCCCCCCCCCCCC(=O)O[C@H](COC(=O)CCCCCCCCCCCCCCCCCCCCC(C)C)COC(=O)CCCCCCCCCCC(C)CC. The number of carbonyl (C=O) groups excluding carboxylic acids is 3. The highest BCUT2D eigenvalue weighted by atomic mass is 16.6. The first-order valence-electron chi connectivity index (χ1n) is 30.3. The number of ether oxygens (including phenoxy) is 3. The van der Waals surface area contributed by atoms with Crippen LogP contribution in [0.2, 0.25) is 0 Å². The molecule has 6 nitrogen and oxygen atoms in total. The maximum absolute atomic E-state index is 12.9. The van der Waals surface area contributed by atoms with Gasteiger partial charge in [0.1, 0.15) is 13.2 Å². The molecular weight excluding hydrogens is 829 g/mol. The molecule has 0 aromatic heterocycles. The van der Waals surface area contributed by atoms with Crippen molar-refractivity contribution in [1.82, 2.24) is 0 Å². The molecule has 2 atom stereocenters. The minimum atomic E-state index is -0.763. The highest BCUT2D eigenvalue weighted by Crippen LogP contribution is 2.19. The van der Waals surface area contributed by atoms with Crippen molar-refractivity contribution in [3.63, 3.8) is 0 Å². The van der Waals surface area contributed by atoms with E-state index < -0.39 is 6.10 Å². The van der Waals surface area contributed by atoms with Gasteiger partial charge in [-0.25, -0.2) is 0 Å². The van der Waals surface area contributed by atoms with Gasteiger partial charge in [0.05, 0.1) is 0 Å². The quantitative estimate of drug-likeness (QED) is 0.0343. The Bertz CT molecular complexity index is 1030. The van der Waals surface area contributed by atoms with Crippen molar-refractivity contribution in [2.45, 2.75) is 349 Å². The highest BCUT2D eigenvalue weighted by Gasteiger charge is 2.19. The van der Waals surface area contributed by atoms with E-state index in [1.165, 1.54) is 231 Å². The van der Waals surface area contributed by atoms with Crippen LogP contribution in [0.15, 0.2) is 0 Å². The van der Waals surface area contributed by atoms with Crippen molar-refractivity contribution in [3.8, 4) is 0 Å². The van der Waals surface area contributed by atoms with Crippen LogP contribution in [-0.2, 0) is 28.6 Å². The lowest BCUT2D eigenvalue weighted by molar-refractivity contribution is -0.167. The van der Waals surface area contributed by atoms with E-state index in [0.717, 1.165) is 69.6 Å². The Labute approximate surface area is 418 Å². The molecule has 0 bridgehead atoms. The Morgan fingerprint density at radius 1 is 0.313 bits per heavy atom. The van der Waals surface area contributed by atoms with Gasteiger partial charge >= 0.3 is 17.9 Å². The van der Waals surface area contributed by atoms with Gasteiger partial charge in [-0.3, -0.25) is 14.4 Å². The zero-order valence-electron chi connectivity index (χ0n) is 46.0. The predicted octanol–water partition coefficient (Wildman–Crippen LogP) is 20.0. The Kier molecular flexibility index (Phi) is 52.5. The van der Waals surface area contributed by atoms with Gasteiger partial charge < -0.3 is 14.2 Å². The third-order valence-corrected chi connectivity index (χ3v) is 14.3. The number of hydrogen-bond donors (Lipinski definition) is 0. The minimum absolute atomic E-state index is 0.0627. The van der Waals surface area contributed by atoms with Crippen LogP contribution in [0.5, 0.6) is 0 Å². The summed E-state index contributed by atoms with van der Waals surface area (Å²) in [5.41, 5.74) is 0. The summed E-state index contributed by atoms with van der Waals surface area (Å²) >= 11 is 0. The number of esters is 3. The lowest BCUT2D eigenvalue weighted by Gasteiger charge is -2.18. The standard InChI is InChI=1S/C61H118O6/c1-6-8-9-10-11-12-13-14-15-21-25-28-31-38-43-48-53-61(64)67-58(55-66-60(63)52-47-42-37-33-32-35-40-45-50-57(5)7-2)54-65-59(62)51-46-41-36-30-27-24-22-19-17-16-18-20-23-26-29-34-39-44-49-56(3)4/h56-58H,6-55H2,1-5H3/t57?,58-/m1/s1. The van der Waals surface area contributed by atoms with E-state index in [0.29, 0.717) is 19.3 Å². The molecule has 6 heteroatoms. The van der Waals surface area contributed by atoms with Gasteiger partial charge in [0, 0.05) is 19.3 Å². The first kappa shape index (κ1) is 65.4. The van der Waals surface area contributed by atoms with E-state index in [2.05, 4.69) is 34.6 Å². The summed E-state index contributed by atoms with van der Waals surface area (Å²) in [4.78, 5) is 38.2. The van der Waals surface area contributed by atoms with Crippen LogP contribution in [-0.4, -0.2) is 37.2 Å². The molecule has 0 aliphatic rings. The minimum Gasteiger partial charge on any atom is -0.462 e. The lowest BCUT2D eigenvalue weighted by atomic mass is 9.99. The van der Waals surface area contributed by atoms with Crippen molar-refractivity contribution in [2.75, 3.05) is 13.2 Å². The van der Waals surface area contributed by atoms with Crippen molar-refractivity contribution >= 4 is 17.9 Å². The molecule has 0 rings (SSSR count). The van der Waals surface area contributed by atoms with Crippen molar-refractivity contribution in [1.29, 1.82) is 0 Å². The fourth-order valence-electron chi connectivity index (χ4n) is 9.37. The fraction of sp³-hybridized carbons (Fsp3) is 0.951. The molecule has 0 radical (unpaired) electrons. The van der Waals surface area contributed by atoms with E-state index in [4.69, 9.17) is 14.2 Å². The second kappa shape index (κ2) is 53.8. The number of rotatable bonds is 55. The molecule has 0 aliphatic carbocycles. The first-order valence-corrected chi connectivity index (χ1v) is 30.3. The molecule has 0 fully saturated rings. The van der Waals surface area contributed by atoms with Crippen LogP contribution in [0.3, 0.4) is 0 Å². The highest BCUT2D eigenvalue weighted by molar-refractivity contribution is 5.71. The second-order valence-corrected chi connectivity index (χ2v) is 21.7. The van der Waals surface area contributed by atoms with E-state index in [-0.39, 0.29) is 31.1 Å². The van der Waals surface area contributed by atoms with Crippen LogP contribution in [0.4, 0.5) is 0 Å². The molecular formula is C61H118O6. The van der Waals surface area contributed by atoms with Gasteiger partial charge in [0.25, 0.3) is 0 Å². The Hall–Kier alpha value is -1.59. The van der Waals surface area contributed by atoms with E-state index in [1.54, 1.807) is 0 Å². The summed E-state index contributed by atoms with van der Waals surface area (Å²) in [6, 6.07) is 0. The monoisotopic (exact) mass is 947 g/mol. The van der Waals surface area contributed by atoms with E-state index in [1.807, 2.05) is 0 Å². The van der Waals surface area contributed by atoms with Crippen molar-refractivity contribution in [3.05, 3.63) is 0 Å². The maximum Gasteiger partial charge on any atom is 0.306 e. The summed E-state index contributed by atoms with van der Waals surface area (Å²) in [7, 11) is 0. The third-order valence-electron chi connectivity index (χ3n) is 14.3. The molecule has 0 aromatic carbocycles. The average Bonchev–Trinajstić information content (AvgIpc) is 3.31. The van der Waals surface area contributed by atoms with Gasteiger partial charge in [-0.2, -0.15) is 0 Å². The van der Waals surface area contributed by atoms with Crippen LogP contribution in [0.25, 0.3) is 0 Å². The number of hydrogen-bond acceptors (Lipinski definition) is 6. The fourth-order valence-corrected chi connectivity index (χ4v) is 9.37. The molecule has 1 unspecified atom stereocenters. The Morgan fingerprint density at radius 2 is 0.567 bits per heavy atom. The third kappa shape index (κ3) is 53.6. The van der Waals surface area contributed by atoms with Crippen LogP contribution >= 0.6 is 0 Å². The van der Waals surface area contributed by atoms with Gasteiger partial charge in [-0.1, -0.05) is 304 Å². The molecule has 0 amide bonds. The molecule has 0 saturated heterocycles. The summed E-state index contributed by atoms with van der Waals surface area (Å²) in [5, 5.41) is 0. The summed E-state index contributed by atoms with van der Waals surface area (Å²) < 4.78 is 16.9. The van der Waals surface area contributed by atoms with Crippen LogP contribution in [0.1, 0.15) is 343 Å². The zero-order valence-corrected chi connectivity index (χ0v) is 46.0. The zero-order chi connectivity index (χ0) is 48.9. The number of unbranched alkanes of at least 4 members (excludes halogenated alkanes) is 39. The Morgan fingerprint density at radius 3 is 0.851 bits per heavy atom. The molecule has 67 heavy (non-hydrogen) atoms. The second-order valence-electron chi connectivity index (χ2n) is 21.7. The van der Waals surface area contributed by atoms with Gasteiger partial charge in [0.2, 0.25) is 0 Å². The summed E-state index contributed by atoms with van der Waals surface area (Å²) in [6.07, 6.45) is 58.1. The average molecular weight is 948 g/mol. The van der Waals surface area contributed by atoms with Crippen molar-refractivity contribution in [2.24, 2.45) is 11.8 Å². The van der Waals surface area contributed by atoms with E-state index in [9.17, 15) is 14.4 Å². The topological polar surface area (TPSA) is 78.9 Å². The molecule has 0 saturated carbocycles. The largest absolute Gasteiger partial charge is 0.462 e. The normalized spacial score (nSPS) is 12.4. The van der Waals surface area contributed by atoms with E-state index >= 15 is 0 Å². The molecule has 398 valence electrons. The summed E-state index contributed by atoms with van der Waals surface area (Å²) in [5.74, 6) is 0.869. The Balaban J connectivity index is 4.24. The lowest BCUT2D eigenvalue weighted by Crippen LogP contribution is -2.30. The number of carbonyl (C=O) groups is 3. The molecule has 0 N–H and O–H groups in total. The molecule has 0 aliphatic heterocycles. The molecule has 0 heterocycles. The van der Waals surface area contributed by atoms with Gasteiger partial charge in [0.15, 0.2) is 6.10 Å². The molecule has 0 spiro atoms. The maximum atomic E-state index is 12.9. The first-order chi connectivity index (χ1) is 32.8.